The fraction of sp³-hybridized carbons (Fsp3) is 0.250. The van der Waals surface area contributed by atoms with Crippen molar-refractivity contribution in [3.05, 3.63) is 52.6 Å². The van der Waals surface area contributed by atoms with E-state index in [1.54, 1.807) is 12.3 Å². The lowest BCUT2D eigenvalue weighted by atomic mass is 10.1. The molecule has 1 aromatic carbocycles. The molecule has 6 nitrogen and oxygen atoms in total. The van der Waals surface area contributed by atoms with Crippen molar-refractivity contribution in [1.29, 1.82) is 0 Å². The third kappa shape index (κ3) is 3.73. The predicted molar refractivity (Wildman–Crippen MR) is 112 cm³/mol. The number of aliphatic hydroxyl groups is 1. The number of amides is 1. The van der Waals surface area contributed by atoms with E-state index in [0.717, 1.165) is 27.5 Å². The molecule has 0 unspecified atom stereocenters. The van der Waals surface area contributed by atoms with Crippen LogP contribution >= 0.6 is 22.9 Å². The molecule has 0 bridgehead atoms. The van der Waals surface area contributed by atoms with Gasteiger partial charge < -0.3 is 15.7 Å². The zero-order chi connectivity index (χ0) is 19.7. The monoisotopic (exact) mass is 414 g/mol. The number of nitrogens with two attached hydrogens (primary N) is 1. The maximum atomic E-state index is 11.7. The molecule has 4 rings (SSSR count). The van der Waals surface area contributed by atoms with Crippen LogP contribution in [0, 0.1) is 0 Å². The van der Waals surface area contributed by atoms with Gasteiger partial charge in [-0.3, -0.25) is 4.79 Å². The van der Waals surface area contributed by atoms with Gasteiger partial charge in [-0.15, -0.1) is 11.3 Å². The molecule has 3 N–H and O–H groups in total. The number of nitrogens with zero attached hydrogens (tertiary/aromatic N) is 3. The molecule has 28 heavy (non-hydrogen) atoms. The highest BCUT2D eigenvalue weighted by atomic mass is 35.5. The van der Waals surface area contributed by atoms with Crippen molar-refractivity contribution in [2.75, 3.05) is 18.0 Å². The molecule has 3 aromatic rings. The third-order valence-electron chi connectivity index (χ3n) is 4.82. The van der Waals surface area contributed by atoms with Gasteiger partial charge in [-0.2, -0.15) is 0 Å². The van der Waals surface area contributed by atoms with Crippen molar-refractivity contribution in [3.63, 3.8) is 0 Å². The lowest BCUT2D eigenvalue weighted by molar-refractivity contribution is 0.0995. The van der Waals surface area contributed by atoms with Crippen LogP contribution in [0.5, 0.6) is 0 Å². The fourth-order valence-electron chi connectivity index (χ4n) is 3.30. The first-order valence-corrected chi connectivity index (χ1v) is 10.2. The van der Waals surface area contributed by atoms with Gasteiger partial charge >= 0.3 is 0 Å². The molecule has 1 fully saturated rings. The molecule has 3 heterocycles. The maximum Gasteiger partial charge on any atom is 0.267 e. The Balaban J connectivity index is 1.76. The lowest BCUT2D eigenvalue weighted by Crippen LogP contribution is -2.36. The summed E-state index contributed by atoms with van der Waals surface area (Å²) in [4.78, 5) is 22.8. The van der Waals surface area contributed by atoms with Gasteiger partial charge in [0.25, 0.3) is 5.91 Å². The molecule has 1 amide bonds. The summed E-state index contributed by atoms with van der Waals surface area (Å²) < 4.78 is 0. The van der Waals surface area contributed by atoms with E-state index in [-0.39, 0.29) is 11.8 Å². The minimum Gasteiger partial charge on any atom is -0.393 e. The van der Waals surface area contributed by atoms with Crippen molar-refractivity contribution >= 4 is 34.5 Å². The molecule has 0 saturated carbocycles. The molecule has 1 saturated heterocycles. The first-order valence-electron chi connectivity index (χ1n) is 8.96. The van der Waals surface area contributed by atoms with Crippen LogP contribution in [0.4, 0.5) is 5.69 Å². The van der Waals surface area contributed by atoms with E-state index in [1.165, 1.54) is 11.3 Å². The number of pyridine rings is 1. The first kappa shape index (κ1) is 18.9. The first-order chi connectivity index (χ1) is 13.5. The van der Waals surface area contributed by atoms with E-state index in [2.05, 4.69) is 9.88 Å². The number of piperidine rings is 1. The van der Waals surface area contributed by atoms with E-state index >= 15 is 0 Å². The Kier molecular flexibility index (Phi) is 5.30. The van der Waals surface area contributed by atoms with Crippen LogP contribution in [0.3, 0.4) is 0 Å². The average molecular weight is 415 g/mol. The number of hydrogen-bond acceptors (Lipinski definition) is 6. The van der Waals surface area contributed by atoms with Gasteiger partial charge in [-0.25, -0.2) is 9.97 Å². The van der Waals surface area contributed by atoms with E-state index in [1.807, 2.05) is 29.6 Å². The summed E-state index contributed by atoms with van der Waals surface area (Å²) in [5, 5.41) is 13.2. The Bertz CT molecular complexity index is 1010. The second-order valence-corrected chi connectivity index (χ2v) is 7.95. The van der Waals surface area contributed by atoms with Gasteiger partial charge in [0.15, 0.2) is 0 Å². The highest BCUT2D eigenvalue weighted by molar-refractivity contribution is 7.13. The minimum atomic E-state index is -0.579. The molecular weight excluding hydrogens is 396 g/mol. The Labute approximate surface area is 171 Å². The largest absolute Gasteiger partial charge is 0.393 e. The maximum absolute atomic E-state index is 11.7. The number of aromatic nitrogens is 2. The fourth-order valence-corrected chi connectivity index (χ4v) is 4.38. The van der Waals surface area contributed by atoms with Crippen molar-refractivity contribution in [2.24, 2.45) is 5.73 Å². The lowest BCUT2D eigenvalue weighted by Gasteiger charge is -2.32. The number of halogens is 1. The summed E-state index contributed by atoms with van der Waals surface area (Å²) in [7, 11) is 0. The number of benzene rings is 1. The third-order valence-corrected chi connectivity index (χ3v) is 6.03. The normalized spacial score (nSPS) is 15.0. The second-order valence-electron chi connectivity index (χ2n) is 6.69. The SMILES string of the molecule is NC(=O)c1cc(-c2nc(-c3ccccc3Cl)cs2)c(N2CCC(O)CC2)cn1. The van der Waals surface area contributed by atoms with E-state index in [9.17, 15) is 9.90 Å². The molecular formula is C20H19ClN4O2S. The molecule has 144 valence electrons. The smallest absolute Gasteiger partial charge is 0.267 e. The van der Waals surface area contributed by atoms with Gasteiger partial charge in [0.05, 0.1) is 23.7 Å². The van der Waals surface area contributed by atoms with Crippen LogP contribution in [-0.2, 0) is 0 Å². The Morgan fingerprint density at radius 1 is 1.25 bits per heavy atom. The summed E-state index contributed by atoms with van der Waals surface area (Å²) >= 11 is 7.79. The molecule has 0 aliphatic carbocycles. The number of aliphatic hydroxyl groups excluding tert-OH is 1. The van der Waals surface area contributed by atoms with E-state index in [0.29, 0.717) is 31.0 Å². The highest BCUT2D eigenvalue weighted by Gasteiger charge is 2.23. The van der Waals surface area contributed by atoms with Crippen LogP contribution < -0.4 is 10.6 Å². The molecule has 1 aliphatic heterocycles. The van der Waals surface area contributed by atoms with E-state index < -0.39 is 5.91 Å². The minimum absolute atomic E-state index is 0.199. The number of anilines is 1. The molecule has 0 atom stereocenters. The molecule has 1 aliphatic rings. The Hall–Kier alpha value is -2.48. The number of carbonyl (C=O) groups is 1. The van der Waals surface area contributed by atoms with Crippen LogP contribution in [0.2, 0.25) is 5.02 Å². The Morgan fingerprint density at radius 2 is 2.00 bits per heavy atom. The topological polar surface area (TPSA) is 92.3 Å². The Morgan fingerprint density at radius 3 is 2.71 bits per heavy atom. The van der Waals surface area contributed by atoms with Gasteiger partial charge in [-0.1, -0.05) is 29.8 Å². The van der Waals surface area contributed by atoms with Gasteiger partial charge in [0.2, 0.25) is 0 Å². The van der Waals surface area contributed by atoms with Crippen LogP contribution in [-0.4, -0.2) is 40.2 Å². The summed E-state index contributed by atoms with van der Waals surface area (Å²) in [6.07, 6.45) is 2.78. The van der Waals surface area contributed by atoms with Crippen LogP contribution in [0.15, 0.2) is 41.9 Å². The molecule has 0 radical (unpaired) electrons. The van der Waals surface area contributed by atoms with Crippen LogP contribution in [0.25, 0.3) is 21.8 Å². The molecule has 8 heteroatoms. The van der Waals surface area contributed by atoms with Crippen molar-refractivity contribution < 1.29 is 9.90 Å². The molecule has 2 aromatic heterocycles. The van der Waals surface area contributed by atoms with Crippen LogP contribution in [0.1, 0.15) is 23.3 Å². The number of rotatable bonds is 4. The van der Waals surface area contributed by atoms with Gasteiger partial charge in [0.1, 0.15) is 10.7 Å². The zero-order valence-electron chi connectivity index (χ0n) is 15.0. The van der Waals surface area contributed by atoms with E-state index in [4.69, 9.17) is 22.3 Å². The quantitative estimate of drug-likeness (QED) is 0.680. The summed E-state index contributed by atoms with van der Waals surface area (Å²) in [5.41, 5.74) is 8.98. The summed E-state index contributed by atoms with van der Waals surface area (Å²) in [6.45, 7) is 1.43. The van der Waals surface area contributed by atoms with Gasteiger partial charge in [-0.05, 0) is 25.0 Å². The predicted octanol–water partition coefficient (Wildman–Crippen LogP) is 3.59. The van der Waals surface area contributed by atoms with Gasteiger partial charge in [0, 0.05) is 34.6 Å². The number of primary amides is 1. The summed E-state index contributed by atoms with van der Waals surface area (Å²) in [6, 6.07) is 9.25. The second kappa shape index (κ2) is 7.87. The zero-order valence-corrected chi connectivity index (χ0v) is 16.6. The highest BCUT2D eigenvalue weighted by Crippen LogP contribution is 2.37. The average Bonchev–Trinajstić information content (AvgIpc) is 3.18. The molecule has 0 spiro atoms. The number of thiazole rings is 1. The summed E-state index contributed by atoms with van der Waals surface area (Å²) in [5.74, 6) is -0.579. The number of carbonyl (C=O) groups excluding carboxylic acids is 1. The van der Waals surface area contributed by atoms with Crippen molar-refractivity contribution in [2.45, 2.75) is 18.9 Å². The van der Waals surface area contributed by atoms with Crippen molar-refractivity contribution in [3.8, 4) is 21.8 Å². The number of hydrogen-bond donors (Lipinski definition) is 2. The van der Waals surface area contributed by atoms with Crippen molar-refractivity contribution in [1.82, 2.24) is 9.97 Å². The standard InChI is InChI=1S/C20H19ClN4O2S/c21-15-4-2-1-3-13(15)17-11-28-20(24-17)14-9-16(19(22)27)23-10-18(14)25-7-5-12(26)6-8-25/h1-4,9-12,26H,5-8H2,(H2,22,27).